The minimum absolute atomic E-state index is 0.142. The quantitative estimate of drug-likeness (QED) is 0.633. The van der Waals surface area contributed by atoms with Gasteiger partial charge in [-0.15, -0.1) is 0 Å². The van der Waals surface area contributed by atoms with Gasteiger partial charge in [0.2, 0.25) is 5.76 Å². The van der Waals surface area contributed by atoms with Crippen LogP contribution >= 0.6 is 0 Å². The van der Waals surface area contributed by atoms with Crippen LogP contribution in [0.4, 0.5) is 0 Å². The first-order chi connectivity index (χ1) is 15.1. The molecule has 1 atom stereocenters. The number of hydrogen-bond acceptors (Lipinski definition) is 6. The highest BCUT2D eigenvalue weighted by atomic mass is 16.5. The van der Waals surface area contributed by atoms with Crippen molar-refractivity contribution >= 4 is 16.9 Å². The maximum absolute atomic E-state index is 13.5. The summed E-state index contributed by atoms with van der Waals surface area (Å²) in [6.07, 6.45) is 2.49. The van der Waals surface area contributed by atoms with Gasteiger partial charge in [0.25, 0.3) is 5.91 Å². The van der Waals surface area contributed by atoms with Crippen LogP contribution in [0, 0.1) is 6.92 Å². The molecule has 2 aliphatic heterocycles. The van der Waals surface area contributed by atoms with Gasteiger partial charge in [-0.05, 0) is 37.6 Å². The molecule has 160 valence electrons. The van der Waals surface area contributed by atoms with Crippen molar-refractivity contribution in [2.75, 3.05) is 39.4 Å². The Balaban J connectivity index is 1.52. The van der Waals surface area contributed by atoms with Crippen LogP contribution in [0.25, 0.3) is 11.0 Å². The summed E-state index contributed by atoms with van der Waals surface area (Å²) < 4.78 is 11.4. The molecule has 1 aromatic carbocycles. The number of aryl methyl sites for hydroxylation is 1. The summed E-state index contributed by atoms with van der Waals surface area (Å²) >= 11 is 0. The van der Waals surface area contributed by atoms with Crippen molar-refractivity contribution in [3.8, 4) is 0 Å². The molecule has 4 heterocycles. The summed E-state index contributed by atoms with van der Waals surface area (Å²) in [5.41, 5.74) is 2.34. The van der Waals surface area contributed by atoms with Gasteiger partial charge >= 0.3 is 0 Å². The summed E-state index contributed by atoms with van der Waals surface area (Å²) in [5.74, 6) is -0.101. The predicted molar refractivity (Wildman–Crippen MR) is 116 cm³/mol. The molecule has 0 bridgehead atoms. The number of nitrogens with zero attached hydrogens (tertiary/aromatic N) is 3. The number of pyridine rings is 1. The number of benzene rings is 1. The molecule has 7 heteroatoms. The fourth-order valence-corrected chi connectivity index (χ4v) is 4.50. The largest absolute Gasteiger partial charge is 0.450 e. The standard InChI is InChI=1S/C24H25N3O4/c1-16-6-7-19-17(15-16)22(28)20-21(18-5-2-3-8-25-18)27(24(29)23(20)31-19)10-4-9-26-11-13-30-14-12-26/h2-3,5-8,15,21H,4,9-14H2,1H3/t21-/m0/s1. The Morgan fingerprint density at radius 1 is 1.10 bits per heavy atom. The van der Waals surface area contributed by atoms with Crippen molar-refractivity contribution in [2.45, 2.75) is 19.4 Å². The molecule has 0 spiro atoms. The van der Waals surface area contributed by atoms with Gasteiger partial charge in [-0.1, -0.05) is 17.7 Å². The number of fused-ring (bicyclic) bond motifs is 2. The highest BCUT2D eigenvalue weighted by Gasteiger charge is 2.43. The van der Waals surface area contributed by atoms with E-state index >= 15 is 0 Å². The number of rotatable bonds is 5. The van der Waals surface area contributed by atoms with Gasteiger partial charge in [0.1, 0.15) is 11.6 Å². The first-order valence-corrected chi connectivity index (χ1v) is 10.7. The molecule has 5 rings (SSSR count). The Kier molecular flexibility index (Phi) is 5.29. The van der Waals surface area contributed by atoms with Crippen molar-refractivity contribution in [1.82, 2.24) is 14.8 Å². The minimum atomic E-state index is -0.533. The molecular formula is C24H25N3O4. The normalized spacial score (nSPS) is 19.2. The van der Waals surface area contributed by atoms with E-state index < -0.39 is 6.04 Å². The van der Waals surface area contributed by atoms with Gasteiger partial charge in [-0.3, -0.25) is 19.5 Å². The molecule has 2 aromatic heterocycles. The Labute approximate surface area is 180 Å². The maximum Gasteiger partial charge on any atom is 0.290 e. The van der Waals surface area contributed by atoms with Gasteiger partial charge in [-0.25, -0.2) is 0 Å². The fraction of sp³-hybridized carbons (Fsp3) is 0.375. The smallest absolute Gasteiger partial charge is 0.290 e. The Bertz CT molecular complexity index is 1170. The Morgan fingerprint density at radius 2 is 1.94 bits per heavy atom. The van der Waals surface area contributed by atoms with Gasteiger partial charge < -0.3 is 14.1 Å². The third-order valence-electron chi connectivity index (χ3n) is 6.07. The number of carbonyl (C=O) groups excluding carboxylic acids is 1. The van der Waals surface area contributed by atoms with Crippen LogP contribution in [0.2, 0.25) is 0 Å². The molecule has 1 fully saturated rings. The van der Waals surface area contributed by atoms with Crippen molar-refractivity contribution in [2.24, 2.45) is 0 Å². The molecule has 31 heavy (non-hydrogen) atoms. The maximum atomic E-state index is 13.5. The lowest BCUT2D eigenvalue weighted by Gasteiger charge is -2.28. The van der Waals surface area contributed by atoms with E-state index in [4.69, 9.17) is 9.15 Å². The zero-order chi connectivity index (χ0) is 21.4. The third-order valence-corrected chi connectivity index (χ3v) is 6.07. The summed E-state index contributed by atoms with van der Waals surface area (Å²) in [6, 6.07) is 10.5. The Morgan fingerprint density at radius 3 is 2.71 bits per heavy atom. The topological polar surface area (TPSA) is 75.9 Å². The third kappa shape index (κ3) is 3.64. The minimum Gasteiger partial charge on any atom is -0.450 e. The highest BCUT2D eigenvalue weighted by Crippen LogP contribution is 2.37. The molecule has 0 aliphatic carbocycles. The second-order valence-corrected chi connectivity index (χ2v) is 8.14. The molecule has 1 saturated heterocycles. The van der Waals surface area contributed by atoms with Crippen LogP contribution < -0.4 is 5.43 Å². The number of morpholine rings is 1. The molecule has 0 N–H and O–H groups in total. The second kappa shape index (κ2) is 8.24. The van der Waals surface area contributed by atoms with E-state index in [-0.39, 0.29) is 17.1 Å². The number of ether oxygens (including phenoxy) is 1. The summed E-state index contributed by atoms with van der Waals surface area (Å²) in [5, 5.41) is 0.502. The molecular weight excluding hydrogens is 394 g/mol. The van der Waals surface area contributed by atoms with Crippen LogP contribution in [0.1, 0.15) is 39.8 Å². The van der Waals surface area contributed by atoms with E-state index in [9.17, 15) is 9.59 Å². The Hall–Kier alpha value is -3.03. The first-order valence-electron chi connectivity index (χ1n) is 10.7. The lowest BCUT2D eigenvalue weighted by atomic mass is 10.0. The fourth-order valence-electron chi connectivity index (χ4n) is 4.50. The summed E-state index contributed by atoms with van der Waals surface area (Å²) in [6.45, 7) is 6.64. The van der Waals surface area contributed by atoms with Crippen LogP contribution in [0.3, 0.4) is 0 Å². The van der Waals surface area contributed by atoms with Gasteiger partial charge in [0.05, 0.1) is 29.9 Å². The number of hydrogen-bond donors (Lipinski definition) is 0. The predicted octanol–water partition coefficient (Wildman–Crippen LogP) is 2.76. The van der Waals surface area contributed by atoms with Gasteiger partial charge in [0.15, 0.2) is 5.43 Å². The van der Waals surface area contributed by atoms with Crippen LogP contribution in [-0.4, -0.2) is 60.1 Å². The van der Waals surface area contributed by atoms with E-state index in [1.54, 1.807) is 17.2 Å². The molecule has 3 aromatic rings. The molecule has 2 aliphatic rings. The lowest BCUT2D eigenvalue weighted by molar-refractivity contribution is 0.0353. The number of amides is 1. The molecule has 0 saturated carbocycles. The van der Waals surface area contributed by atoms with E-state index in [2.05, 4.69) is 9.88 Å². The van der Waals surface area contributed by atoms with Crippen LogP contribution in [0.5, 0.6) is 0 Å². The van der Waals surface area contributed by atoms with Crippen molar-refractivity contribution in [1.29, 1.82) is 0 Å². The molecule has 0 radical (unpaired) electrons. The van der Waals surface area contributed by atoms with E-state index in [0.717, 1.165) is 44.8 Å². The highest BCUT2D eigenvalue weighted by molar-refractivity contribution is 5.99. The molecule has 1 amide bonds. The lowest BCUT2D eigenvalue weighted by Crippen LogP contribution is -2.39. The summed E-state index contributed by atoms with van der Waals surface area (Å²) in [4.78, 5) is 35.4. The van der Waals surface area contributed by atoms with Crippen molar-refractivity contribution in [3.05, 3.63) is 75.4 Å². The number of aromatic nitrogens is 1. The van der Waals surface area contributed by atoms with Crippen LogP contribution in [0.15, 0.2) is 51.8 Å². The van der Waals surface area contributed by atoms with Crippen molar-refractivity contribution in [3.63, 3.8) is 0 Å². The van der Waals surface area contributed by atoms with E-state index in [0.29, 0.717) is 28.8 Å². The van der Waals surface area contributed by atoms with Crippen LogP contribution in [-0.2, 0) is 4.74 Å². The average Bonchev–Trinajstić information content (AvgIpc) is 3.08. The SMILES string of the molecule is Cc1ccc2oc3c(c(=O)c2c1)[C@H](c1ccccn1)N(CCCN1CCOCC1)C3=O. The van der Waals surface area contributed by atoms with Gasteiger partial charge in [-0.2, -0.15) is 0 Å². The number of carbonyl (C=O) groups is 1. The zero-order valence-electron chi connectivity index (χ0n) is 17.5. The van der Waals surface area contributed by atoms with Crippen molar-refractivity contribution < 1.29 is 13.9 Å². The molecule has 7 nitrogen and oxygen atoms in total. The monoisotopic (exact) mass is 419 g/mol. The van der Waals surface area contributed by atoms with Gasteiger partial charge in [0, 0.05) is 32.4 Å². The zero-order valence-corrected chi connectivity index (χ0v) is 17.5. The molecule has 0 unspecified atom stereocenters. The van der Waals surface area contributed by atoms with E-state index in [1.165, 1.54) is 0 Å². The average molecular weight is 419 g/mol. The second-order valence-electron chi connectivity index (χ2n) is 8.14. The first kappa shape index (κ1) is 19.9. The summed E-state index contributed by atoms with van der Waals surface area (Å²) in [7, 11) is 0. The van der Waals surface area contributed by atoms with E-state index in [1.807, 2.05) is 37.3 Å².